The van der Waals surface area contributed by atoms with Crippen molar-refractivity contribution in [1.29, 1.82) is 0 Å². The lowest BCUT2D eigenvalue weighted by molar-refractivity contribution is -0.156. The molecular weight excluding hydrogens is 252 g/mol. The highest BCUT2D eigenvalue weighted by atomic mass is 16.5. The zero-order valence-electron chi connectivity index (χ0n) is 12.0. The molecule has 0 amide bonds. The summed E-state index contributed by atoms with van der Waals surface area (Å²) in [4.78, 5) is 11.9. The van der Waals surface area contributed by atoms with Crippen molar-refractivity contribution in [3.8, 4) is 5.75 Å². The molecule has 0 atom stereocenters. The molecule has 3 rings (SSSR count). The van der Waals surface area contributed by atoms with Crippen LogP contribution in [-0.2, 0) is 10.2 Å². The monoisotopic (exact) mass is 274 g/mol. The number of carbonyl (C=O) groups is 1. The average molecular weight is 274 g/mol. The number of hydrogen-bond acceptors (Lipinski definition) is 2. The van der Waals surface area contributed by atoms with E-state index in [1.807, 2.05) is 24.3 Å². The maximum atomic E-state index is 11.9. The van der Waals surface area contributed by atoms with Crippen molar-refractivity contribution >= 4 is 5.97 Å². The Bertz CT molecular complexity index is 507. The zero-order valence-corrected chi connectivity index (χ0v) is 12.0. The van der Waals surface area contributed by atoms with E-state index < -0.39 is 11.4 Å². The Morgan fingerprint density at radius 3 is 2.50 bits per heavy atom. The third-order valence-electron chi connectivity index (χ3n) is 5.30. The van der Waals surface area contributed by atoms with Crippen LogP contribution in [0.5, 0.6) is 5.75 Å². The molecule has 3 heteroatoms. The van der Waals surface area contributed by atoms with E-state index in [2.05, 4.69) is 0 Å². The van der Waals surface area contributed by atoms with Gasteiger partial charge in [0.05, 0.1) is 12.5 Å². The maximum Gasteiger partial charge on any atom is 0.314 e. The predicted octanol–water partition coefficient (Wildman–Crippen LogP) is 3.76. The molecule has 108 valence electrons. The smallest absolute Gasteiger partial charge is 0.314 e. The van der Waals surface area contributed by atoms with Crippen LogP contribution in [0, 0.1) is 5.41 Å². The fourth-order valence-corrected chi connectivity index (χ4v) is 4.28. The Morgan fingerprint density at radius 2 is 1.90 bits per heavy atom. The summed E-state index contributed by atoms with van der Waals surface area (Å²) in [6.07, 6.45) is 7.81. The largest absolute Gasteiger partial charge is 0.497 e. The van der Waals surface area contributed by atoms with Crippen LogP contribution in [0.25, 0.3) is 0 Å². The summed E-state index contributed by atoms with van der Waals surface area (Å²) in [6, 6.07) is 7.59. The summed E-state index contributed by atoms with van der Waals surface area (Å²) in [5.41, 5.74) is 0.506. The zero-order chi connectivity index (χ0) is 14.2. The van der Waals surface area contributed by atoms with Crippen LogP contribution < -0.4 is 4.74 Å². The Morgan fingerprint density at radius 1 is 1.20 bits per heavy atom. The van der Waals surface area contributed by atoms with E-state index in [-0.39, 0.29) is 0 Å². The van der Waals surface area contributed by atoms with Crippen molar-refractivity contribution in [3.63, 3.8) is 0 Å². The molecule has 20 heavy (non-hydrogen) atoms. The predicted molar refractivity (Wildman–Crippen MR) is 77.1 cm³/mol. The van der Waals surface area contributed by atoms with Crippen molar-refractivity contribution in [2.75, 3.05) is 7.11 Å². The van der Waals surface area contributed by atoms with Gasteiger partial charge in [-0.1, -0.05) is 31.4 Å². The number of ether oxygens (including phenoxy) is 1. The molecule has 2 aliphatic rings. The average Bonchev–Trinajstić information content (AvgIpc) is 2.45. The van der Waals surface area contributed by atoms with Crippen LogP contribution in [0.4, 0.5) is 0 Å². The van der Waals surface area contributed by atoms with Gasteiger partial charge in [0.1, 0.15) is 5.75 Å². The number of carboxylic acids is 1. The molecule has 2 saturated carbocycles. The quantitative estimate of drug-likeness (QED) is 0.912. The number of methoxy groups -OCH3 is 1. The molecule has 3 nitrogen and oxygen atoms in total. The lowest BCUT2D eigenvalue weighted by Crippen LogP contribution is -2.55. The van der Waals surface area contributed by atoms with Gasteiger partial charge in [0, 0.05) is 0 Å². The van der Waals surface area contributed by atoms with Crippen LogP contribution in [0.2, 0.25) is 0 Å². The van der Waals surface area contributed by atoms with E-state index in [0.717, 1.165) is 24.2 Å². The van der Waals surface area contributed by atoms with Crippen molar-refractivity contribution in [3.05, 3.63) is 29.8 Å². The van der Waals surface area contributed by atoms with E-state index in [9.17, 15) is 9.90 Å². The fraction of sp³-hybridized carbons (Fsp3) is 0.588. The van der Waals surface area contributed by atoms with E-state index >= 15 is 0 Å². The third kappa shape index (κ3) is 2.00. The van der Waals surface area contributed by atoms with Gasteiger partial charge in [0.25, 0.3) is 0 Å². The number of rotatable bonds is 3. The van der Waals surface area contributed by atoms with Gasteiger partial charge in [-0.3, -0.25) is 4.79 Å². The van der Waals surface area contributed by atoms with Gasteiger partial charge >= 0.3 is 5.97 Å². The van der Waals surface area contributed by atoms with Gasteiger partial charge in [-0.2, -0.15) is 0 Å². The van der Waals surface area contributed by atoms with E-state index in [1.54, 1.807) is 7.11 Å². The van der Waals surface area contributed by atoms with Crippen LogP contribution in [-0.4, -0.2) is 18.2 Å². The molecule has 0 aromatic heterocycles. The first-order valence-corrected chi connectivity index (χ1v) is 7.48. The van der Waals surface area contributed by atoms with Gasteiger partial charge < -0.3 is 9.84 Å². The number of benzene rings is 1. The second-order valence-electron chi connectivity index (χ2n) is 6.53. The van der Waals surface area contributed by atoms with Crippen molar-refractivity contribution in [1.82, 2.24) is 0 Å². The summed E-state index contributed by atoms with van der Waals surface area (Å²) in [6.45, 7) is 0. The molecule has 1 aromatic carbocycles. The molecule has 1 N–H and O–H groups in total. The highest BCUT2D eigenvalue weighted by Crippen LogP contribution is 2.62. The Kier molecular flexibility index (Phi) is 3.23. The highest BCUT2D eigenvalue weighted by molar-refractivity contribution is 5.83. The SMILES string of the molecule is COc1cccc(C2(C(=O)O)CC3(CCCCC3)C2)c1. The summed E-state index contributed by atoms with van der Waals surface area (Å²) >= 11 is 0. The molecule has 0 heterocycles. The fourth-order valence-electron chi connectivity index (χ4n) is 4.28. The summed E-state index contributed by atoms with van der Waals surface area (Å²) in [5, 5.41) is 9.77. The number of carboxylic acid groups (broad SMARTS) is 1. The first-order chi connectivity index (χ1) is 9.60. The molecule has 0 saturated heterocycles. The van der Waals surface area contributed by atoms with Gasteiger partial charge in [-0.05, 0) is 48.8 Å². The highest BCUT2D eigenvalue weighted by Gasteiger charge is 2.59. The van der Waals surface area contributed by atoms with Gasteiger partial charge in [-0.25, -0.2) is 0 Å². The minimum atomic E-state index is -0.689. The Labute approximate surface area is 120 Å². The second-order valence-corrected chi connectivity index (χ2v) is 6.53. The molecule has 1 spiro atoms. The van der Waals surface area contributed by atoms with Gasteiger partial charge in [-0.15, -0.1) is 0 Å². The molecule has 0 aliphatic heterocycles. The molecule has 2 aliphatic carbocycles. The van der Waals surface area contributed by atoms with Crippen molar-refractivity contribution in [2.24, 2.45) is 5.41 Å². The topological polar surface area (TPSA) is 46.5 Å². The standard InChI is InChI=1S/C17H22O3/c1-20-14-7-5-6-13(10-14)17(15(18)19)11-16(12-17)8-3-2-4-9-16/h5-7,10H,2-4,8-9,11-12H2,1H3,(H,18,19). The summed E-state index contributed by atoms with van der Waals surface area (Å²) < 4.78 is 5.24. The first kappa shape index (κ1) is 13.5. The Balaban J connectivity index is 1.89. The molecule has 0 bridgehead atoms. The normalized spacial score (nSPS) is 23.1. The van der Waals surface area contributed by atoms with Gasteiger partial charge in [0.15, 0.2) is 0 Å². The van der Waals surface area contributed by atoms with E-state index in [4.69, 9.17) is 4.74 Å². The summed E-state index contributed by atoms with van der Waals surface area (Å²) in [7, 11) is 1.62. The molecular formula is C17H22O3. The minimum Gasteiger partial charge on any atom is -0.497 e. The number of hydrogen-bond donors (Lipinski definition) is 1. The third-order valence-corrected chi connectivity index (χ3v) is 5.30. The van der Waals surface area contributed by atoms with Gasteiger partial charge in [0.2, 0.25) is 0 Å². The van der Waals surface area contributed by atoms with Crippen LogP contribution in [0.3, 0.4) is 0 Å². The second kappa shape index (κ2) is 4.80. The molecule has 0 unspecified atom stereocenters. The van der Waals surface area contributed by atoms with Crippen molar-refractivity contribution < 1.29 is 14.6 Å². The molecule has 1 aromatic rings. The van der Waals surface area contributed by atoms with Crippen molar-refractivity contribution in [2.45, 2.75) is 50.4 Å². The van der Waals surface area contributed by atoms with E-state index in [0.29, 0.717) is 5.41 Å². The van der Waals surface area contributed by atoms with Crippen LogP contribution in [0.1, 0.15) is 50.5 Å². The lowest BCUT2D eigenvalue weighted by Gasteiger charge is -2.56. The summed E-state index contributed by atoms with van der Waals surface area (Å²) in [5.74, 6) is 0.0645. The van der Waals surface area contributed by atoms with E-state index in [1.165, 1.54) is 32.1 Å². The maximum absolute atomic E-state index is 11.9. The molecule has 2 fully saturated rings. The lowest BCUT2D eigenvalue weighted by atomic mass is 9.46. The minimum absolute atomic E-state index is 0.291. The van der Waals surface area contributed by atoms with Crippen LogP contribution >= 0.6 is 0 Å². The van der Waals surface area contributed by atoms with Crippen LogP contribution in [0.15, 0.2) is 24.3 Å². The Hall–Kier alpha value is -1.51. The first-order valence-electron chi connectivity index (χ1n) is 7.48. The molecule has 0 radical (unpaired) electrons. The number of aliphatic carboxylic acids is 1.